The van der Waals surface area contributed by atoms with Crippen LogP contribution in [0.5, 0.6) is 5.75 Å². The summed E-state index contributed by atoms with van der Waals surface area (Å²) in [5, 5.41) is 3.34. The van der Waals surface area contributed by atoms with Crippen molar-refractivity contribution in [3.63, 3.8) is 0 Å². The van der Waals surface area contributed by atoms with E-state index in [0.717, 1.165) is 56.2 Å². The van der Waals surface area contributed by atoms with Gasteiger partial charge in [0.1, 0.15) is 5.75 Å². The van der Waals surface area contributed by atoms with Gasteiger partial charge >= 0.3 is 0 Å². The Hall–Kier alpha value is -2.18. The average Bonchev–Trinajstić information content (AvgIpc) is 3.14. The van der Waals surface area contributed by atoms with Crippen LogP contribution in [0.4, 0.5) is 0 Å². The molecule has 26 heavy (non-hydrogen) atoms. The molecular formula is C20H25N3O2S. The van der Waals surface area contributed by atoms with Crippen molar-refractivity contribution in [2.45, 2.75) is 19.9 Å². The lowest BCUT2D eigenvalue weighted by molar-refractivity contribution is -0.127. The topological polar surface area (TPSA) is 45.7 Å². The zero-order valence-electron chi connectivity index (χ0n) is 15.4. The predicted molar refractivity (Wildman–Crippen MR) is 105 cm³/mol. The third kappa shape index (κ3) is 4.93. The summed E-state index contributed by atoms with van der Waals surface area (Å²) in [5.41, 5.74) is 2.11. The highest BCUT2D eigenvalue weighted by Gasteiger charge is 2.20. The lowest BCUT2D eigenvalue weighted by Crippen LogP contribution is -2.47. The molecular weight excluding hydrogens is 346 g/mol. The van der Waals surface area contributed by atoms with E-state index in [1.165, 1.54) is 5.01 Å². The molecule has 6 heteroatoms. The van der Waals surface area contributed by atoms with Gasteiger partial charge in [-0.05, 0) is 30.2 Å². The first-order valence-corrected chi connectivity index (χ1v) is 9.82. The van der Waals surface area contributed by atoms with E-state index in [1.54, 1.807) is 24.5 Å². The molecule has 0 spiro atoms. The first-order valence-electron chi connectivity index (χ1n) is 8.94. The number of amides is 1. The number of benzene rings is 1. The Bertz CT molecular complexity index is 764. The maximum Gasteiger partial charge on any atom is 0.246 e. The number of hydrogen-bond donors (Lipinski definition) is 0. The van der Waals surface area contributed by atoms with Crippen molar-refractivity contribution in [2.24, 2.45) is 0 Å². The van der Waals surface area contributed by atoms with Crippen LogP contribution in [0.3, 0.4) is 0 Å². The molecule has 1 aliphatic heterocycles. The summed E-state index contributed by atoms with van der Waals surface area (Å²) in [6.45, 7) is 6.29. The number of hydrogen-bond acceptors (Lipinski definition) is 5. The molecule has 0 unspecified atom stereocenters. The standard InChI is InChI=1S/C20H25N3O2S/c1-3-19-21-17(15-26-19)14-22-9-11-23(12-10-22)20(24)8-7-16-5-4-6-18(13-16)25-2/h4-8,13,15H,3,9-12,14H2,1-2H3/b8-7+. The van der Waals surface area contributed by atoms with E-state index in [-0.39, 0.29) is 5.91 Å². The van der Waals surface area contributed by atoms with E-state index < -0.39 is 0 Å². The van der Waals surface area contributed by atoms with Gasteiger partial charge in [-0.15, -0.1) is 11.3 Å². The predicted octanol–water partition coefficient (Wildman–Crippen LogP) is 3.07. The van der Waals surface area contributed by atoms with Crippen molar-refractivity contribution in [1.29, 1.82) is 0 Å². The fraction of sp³-hybridized carbons (Fsp3) is 0.400. The van der Waals surface area contributed by atoms with Crippen LogP contribution in [0, 0.1) is 0 Å². The van der Waals surface area contributed by atoms with E-state index >= 15 is 0 Å². The molecule has 1 fully saturated rings. The second kappa shape index (κ2) is 8.96. The van der Waals surface area contributed by atoms with Crippen molar-refractivity contribution < 1.29 is 9.53 Å². The van der Waals surface area contributed by atoms with Crippen LogP contribution in [0.15, 0.2) is 35.7 Å². The number of piperazine rings is 1. The Morgan fingerprint density at radius 3 is 2.81 bits per heavy atom. The summed E-state index contributed by atoms with van der Waals surface area (Å²) in [6.07, 6.45) is 4.49. The molecule has 1 amide bonds. The van der Waals surface area contributed by atoms with Gasteiger partial charge in [0.15, 0.2) is 0 Å². The highest BCUT2D eigenvalue weighted by molar-refractivity contribution is 7.09. The maximum absolute atomic E-state index is 12.4. The van der Waals surface area contributed by atoms with Crippen molar-refractivity contribution in [3.8, 4) is 5.75 Å². The van der Waals surface area contributed by atoms with E-state index in [0.29, 0.717) is 0 Å². The molecule has 0 atom stereocenters. The highest BCUT2D eigenvalue weighted by Crippen LogP contribution is 2.15. The summed E-state index contributed by atoms with van der Waals surface area (Å²) < 4.78 is 5.21. The Morgan fingerprint density at radius 1 is 1.31 bits per heavy atom. The summed E-state index contributed by atoms with van der Waals surface area (Å²) in [6, 6.07) is 7.69. The van der Waals surface area contributed by atoms with Crippen LogP contribution in [0.2, 0.25) is 0 Å². The number of ether oxygens (including phenoxy) is 1. The molecule has 1 aliphatic rings. The van der Waals surface area contributed by atoms with Crippen LogP contribution >= 0.6 is 11.3 Å². The number of methoxy groups -OCH3 is 1. The summed E-state index contributed by atoms with van der Waals surface area (Å²) in [5.74, 6) is 0.857. The summed E-state index contributed by atoms with van der Waals surface area (Å²) in [7, 11) is 1.64. The minimum atomic E-state index is 0.0643. The number of carbonyl (C=O) groups is 1. The van der Waals surface area contributed by atoms with Crippen LogP contribution < -0.4 is 4.74 Å². The molecule has 0 bridgehead atoms. The van der Waals surface area contributed by atoms with E-state index in [9.17, 15) is 4.79 Å². The zero-order valence-corrected chi connectivity index (χ0v) is 16.2. The third-order valence-electron chi connectivity index (χ3n) is 4.48. The van der Waals surface area contributed by atoms with Crippen molar-refractivity contribution >= 4 is 23.3 Å². The monoisotopic (exact) mass is 371 g/mol. The van der Waals surface area contributed by atoms with Gasteiger partial charge in [0, 0.05) is 44.2 Å². The molecule has 2 aromatic rings. The van der Waals surface area contributed by atoms with E-state index in [2.05, 4.69) is 22.2 Å². The van der Waals surface area contributed by atoms with Gasteiger partial charge in [-0.3, -0.25) is 9.69 Å². The number of carbonyl (C=O) groups excluding carboxylic acids is 1. The normalized spacial score (nSPS) is 15.5. The van der Waals surface area contributed by atoms with Gasteiger partial charge in [0.25, 0.3) is 0 Å². The minimum absolute atomic E-state index is 0.0643. The lowest BCUT2D eigenvalue weighted by atomic mass is 10.2. The van der Waals surface area contributed by atoms with Gasteiger partial charge in [0.05, 0.1) is 17.8 Å². The smallest absolute Gasteiger partial charge is 0.246 e. The average molecular weight is 372 g/mol. The minimum Gasteiger partial charge on any atom is -0.497 e. The highest BCUT2D eigenvalue weighted by atomic mass is 32.1. The van der Waals surface area contributed by atoms with E-state index in [4.69, 9.17) is 4.74 Å². The molecule has 5 nitrogen and oxygen atoms in total. The van der Waals surface area contributed by atoms with Crippen LogP contribution in [0.1, 0.15) is 23.2 Å². The molecule has 3 rings (SSSR count). The first-order chi connectivity index (χ1) is 12.7. The van der Waals surface area contributed by atoms with Gasteiger partial charge in [0.2, 0.25) is 5.91 Å². The quantitative estimate of drug-likeness (QED) is 0.732. The molecule has 0 saturated carbocycles. The number of thiazole rings is 1. The van der Waals surface area contributed by atoms with Gasteiger partial charge < -0.3 is 9.64 Å². The van der Waals surface area contributed by atoms with Gasteiger partial charge in [-0.2, -0.15) is 0 Å². The van der Waals surface area contributed by atoms with E-state index in [1.807, 2.05) is 35.2 Å². The third-order valence-corrected chi connectivity index (χ3v) is 5.53. The van der Waals surface area contributed by atoms with Gasteiger partial charge in [-0.1, -0.05) is 19.1 Å². The molecule has 0 radical (unpaired) electrons. The Morgan fingerprint density at radius 2 is 2.12 bits per heavy atom. The second-order valence-corrected chi connectivity index (χ2v) is 7.24. The van der Waals surface area contributed by atoms with Crippen molar-refractivity contribution in [2.75, 3.05) is 33.3 Å². The molecule has 0 N–H and O–H groups in total. The Kier molecular flexibility index (Phi) is 6.41. The largest absolute Gasteiger partial charge is 0.497 e. The maximum atomic E-state index is 12.4. The fourth-order valence-corrected chi connectivity index (χ4v) is 3.69. The zero-order chi connectivity index (χ0) is 18.4. The fourth-order valence-electron chi connectivity index (χ4n) is 2.96. The number of rotatable bonds is 6. The summed E-state index contributed by atoms with van der Waals surface area (Å²) >= 11 is 1.73. The SMILES string of the molecule is CCc1nc(CN2CCN(C(=O)/C=C/c3cccc(OC)c3)CC2)cs1. The number of aromatic nitrogens is 1. The molecule has 0 aliphatic carbocycles. The van der Waals surface area contributed by atoms with Crippen molar-refractivity contribution in [1.82, 2.24) is 14.8 Å². The molecule has 1 aromatic heterocycles. The van der Waals surface area contributed by atoms with Crippen LogP contribution in [0.25, 0.3) is 6.08 Å². The Balaban J connectivity index is 1.49. The number of aryl methyl sites for hydroxylation is 1. The molecule has 138 valence electrons. The van der Waals surface area contributed by atoms with Crippen LogP contribution in [-0.2, 0) is 17.8 Å². The molecule has 1 saturated heterocycles. The lowest BCUT2D eigenvalue weighted by Gasteiger charge is -2.33. The van der Waals surface area contributed by atoms with Gasteiger partial charge in [-0.25, -0.2) is 4.98 Å². The number of nitrogens with zero attached hydrogens (tertiary/aromatic N) is 3. The molecule has 2 heterocycles. The Labute approximate surface area is 158 Å². The van der Waals surface area contributed by atoms with Crippen molar-refractivity contribution in [3.05, 3.63) is 52.0 Å². The molecule has 1 aromatic carbocycles. The summed E-state index contributed by atoms with van der Waals surface area (Å²) in [4.78, 5) is 21.3. The van der Waals surface area contributed by atoms with Crippen LogP contribution in [-0.4, -0.2) is 54.0 Å². The second-order valence-electron chi connectivity index (χ2n) is 6.30. The first kappa shape index (κ1) is 18.6.